The summed E-state index contributed by atoms with van der Waals surface area (Å²) in [5, 5.41) is 3.38. The lowest BCUT2D eigenvalue weighted by Crippen LogP contribution is -2.26. The predicted molar refractivity (Wildman–Crippen MR) is 61.7 cm³/mol. The zero-order valence-corrected chi connectivity index (χ0v) is 9.11. The van der Waals surface area contributed by atoms with Crippen LogP contribution in [0.4, 0.5) is 0 Å². The molecular formula is C13H19NO. The first-order valence-corrected chi connectivity index (χ1v) is 5.81. The van der Waals surface area contributed by atoms with E-state index in [4.69, 9.17) is 4.74 Å². The molecule has 2 nitrogen and oxygen atoms in total. The van der Waals surface area contributed by atoms with Crippen molar-refractivity contribution in [1.82, 2.24) is 5.32 Å². The monoisotopic (exact) mass is 205 g/mol. The quantitative estimate of drug-likeness (QED) is 0.720. The van der Waals surface area contributed by atoms with Gasteiger partial charge in [-0.15, -0.1) is 0 Å². The van der Waals surface area contributed by atoms with Crippen molar-refractivity contribution in [2.75, 3.05) is 13.2 Å². The summed E-state index contributed by atoms with van der Waals surface area (Å²) < 4.78 is 5.65. The lowest BCUT2D eigenvalue weighted by molar-refractivity contribution is 0.00420. The molecule has 0 spiro atoms. The highest BCUT2D eigenvalue weighted by molar-refractivity contribution is 5.14. The second-order valence-electron chi connectivity index (χ2n) is 4.09. The molecular weight excluding hydrogens is 186 g/mol. The smallest absolute Gasteiger partial charge is 0.0594 e. The summed E-state index contributed by atoms with van der Waals surface area (Å²) in [6.07, 6.45) is 4.43. The van der Waals surface area contributed by atoms with Crippen LogP contribution >= 0.6 is 0 Å². The third-order valence-electron chi connectivity index (χ3n) is 2.86. The van der Waals surface area contributed by atoms with Gasteiger partial charge in [-0.05, 0) is 24.8 Å². The van der Waals surface area contributed by atoms with Gasteiger partial charge >= 0.3 is 0 Å². The van der Waals surface area contributed by atoms with Crippen molar-refractivity contribution in [2.24, 2.45) is 0 Å². The molecule has 0 aromatic heterocycles. The summed E-state index contributed by atoms with van der Waals surface area (Å²) in [6, 6.07) is 10.5. The number of hydrogen-bond donors (Lipinski definition) is 1. The molecule has 0 heterocycles. The number of hydrogen-bond acceptors (Lipinski definition) is 2. The molecule has 1 aliphatic carbocycles. The maximum absolute atomic E-state index is 5.65. The molecule has 1 aliphatic rings. The van der Waals surface area contributed by atoms with E-state index in [9.17, 15) is 0 Å². The normalized spacial score (nSPS) is 16.3. The Bertz CT molecular complexity index is 269. The molecule has 0 bridgehead atoms. The van der Waals surface area contributed by atoms with E-state index in [-0.39, 0.29) is 0 Å². The van der Waals surface area contributed by atoms with Gasteiger partial charge in [0.15, 0.2) is 0 Å². The maximum Gasteiger partial charge on any atom is 0.0594 e. The highest BCUT2D eigenvalue weighted by Crippen LogP contribution is 2.21. The van der Waals surface area contributed by atoms with Crippen LogP contribution in [0.15, 0.2) is 30.3 Å². The Morgan fingerprint density at radius 3 is 2.67 bits per heavy atom. The van der Waals surface area contributed by atoms with Gasteiger partial charge in [-0.2, -0.15) is 0 Å². The summed E-state index contributed by atoms with van der Waals surface area (Å²) >= 11 is 0. The van der Waals surface area contributed by atoms with Crippen molar-refractivity contribution < 1.29 is 4.74 Å². The van der Waals surface area contributed by atoms with Crippen LogP contribution < -0.4 is 5.32 Å². The van der Waals surface area contributed by atoms with Crippen molar-refractivity contribution in [2.45, 2.75) is 31.9 Å². The zero-order valence-electron chi connectivity index (χ0n) is 9.11. The fourth-order valence-electron chi connectivity index (χ4n) is 1.66. The molecule has 82 valence electrons. The summed E-state index contributed by atoms with van der Waals surface area (Å²) in [7, 11) is 0. The molecule has 1 saturated carbocycles. The first-order valence-electron chi connectivity index (χ1n) is 5.81. The fourth-order valence-corrected chi connectivity index (χ4v) is 1.66. The van der Waals surface area contributed by atoms with Gasteiger partial charge in [0.2, 0.25) is 0 Å². The van der Waals surface area contributed by atoms with Crippen molar-refractivity contribution in [1.29, 1.82) is 0 Å². The van der Waals surface area contributed by atoms with E-state index < -0.39 is 0 Å². The third kappa shape index (κ3) is 3.65. The first-order chi connectivity index (χ1) is 7.45. The number of rotatable bonds is 6. The molecule has 0 radical (unpaired) electrons. The topological polar surface area (TPSA) is 21.3 Å². The Labute approximate surface area is 91.6 Å². The van der Waals surface area contributed by atoms with Crippen molar-refractivity contribution >= 4 is 0 Å². The van der Waals surface area contributed by atoms with Gasteiger partial charge < -0.3 is 10.1 Å². The molecule has 0 atom stereocenters. The average molecular weight is 205 g/mol. The SMILES string of the molecule is c1ccc(CNCCOC2CCC2)cc1. The highest BCUT2D eigenvalue weighted by Gasteiger charge is 2.16. The van der Waals surface area contributed by atoms with E-state index in [1.54, 1.807) is 0 Å². The van der Waals surface area contributed by atoms with Crippen molar-refractivity contribution in [3.05, 3.63) is 35.9 Å². The molecule has 2 rings (SSSR count). The van der Waals surface area contributed by atoms with Crippen molar-refractivity contribution in [3.8, 4) is 0 Å². The number of nitrogens with one attached hydrogen (secondary N) is 1. The molecule has 0 aliphatic heterocycles. The number of ether oxygens (including phenoxy) is 1. The lowest BCUT2D eigenvalue weighted by Gasteiger charge is -2.25. The van der Waals surface area contributed by atoms with Crippen LogP contribution in [0.2, 0.25) is 0 Å². The molecule has 0 saturated heterocycles. The minimum absolute atomic E-state index is 0.559. The summed E-state index contributed by atoms with van der Waals surface area (Å²) in [5.74, 6) is 0. The molecule has 15 heavy (non-hydrogen) atoms. The Morgan fingerprint density at radius 1 is 1.20 bits per heavy atom. The zero-order chi connectivity index (χ0) is 10.3. The maximum atomic E-state index is 5.65. The third-order valence-corrected chi connectivity index (χ3v) is 2.86. The molecule has 0 unspecified atom stereocenters. The largest absolute Gasteiger partial charge is 0.377 e. The van der Waals surface area contributed by atoms with Crippen LogP contribution in [0, 0.1) is 0 Å². The summed E-state index contributed by atoms with van der Waals surface area (Å²) in [5.41, 5.74) is 1.33. The second-order valence-corrected chi connectivity index (χ2v) is 4.09. The predicted octanol–water partition coefficient (Wildman–Crippen LogP) is 2.35. The van der Waals surface area contributed by atoms with Gasteiger partial charge in [0.25, 0.3) is 0 Å². The van der Waals surface area contributed by atoms with Gasteiger partial charge in [0, 0.05) is 13.1 Å². The van der Waals surface area contributed by atoms with Gasteiger partial charge in [0.1, 0.15) is 0 Å². The van der Waals surface area contributed by atoms with Gasteiger partial charge in [-0.25, -0.2) is 0 Å². The Hall–Kier alpha value is -0.860. The van der Waals surface area contributed by atoms with Crippen LogP contribution in [0.5, 0.6) is 0 Å². The Balaban J connectivity index is 1.51. The van der Waals surface area contributed by atoms with Crippen LogP contribution in [0.1, 0.15) is 24.8 Å². The van der Waals surface area contributed by atoms with E-state index in [2.05, 4.69) is 29.6 Å². The average Bonchev–Trinajstić information content (AvgIpc) is 2.22. The minimum atomic E-state index is 0.559. The fraction of sp³-hybridized carbons (Fsp3) is 0.538. The van der Waals surface area contributed by atoms with E-state index in [1.807, 2.05) is 6.07 Å². The van der Waals surface area contributed by atoms with Gasteiger partial charge in [0.05, 0.1) is 12.7 Å². The van der Waals surface area contributed by atoms with Crippen LogP contribution in [-0.2, 0) is 11.3 Å². The standard InChI is InChI=1S/C13H19NO/c1-2-5-12(6-3-1)11-14-9-10-15-13-7-4-8-13/h1-3,5-6,13-14H,4,7-11H2. The van der Waals surface area contributed by atoms with Crippen LogP contribution in [0.3, 0.4) is 0 Å². The van der Waals surface area contributed by atoms with E-state index in [0.29, 0.717) is 6.10 Å². The summed E-state index contributed by atoms with van der Waals surface area (Å²) in [4.78, 5) is 0. The molecule has 2 heteroatoms. The molecule has 1 N–H and O–H groups in total. The molecule has 0 amide bonds. The highest BCUT2D eigenvalue weighted by atomic mass is 16.5. The number of benzene rings is 1. The van der Waals surface area contributed by atoms with Gasteiger partial charge in [-0.3, -0.25) is 0 Å². The van der Waals surface area contributed by atoms with E-state index in [0.717, 1.165) is 19.7 Å². The molecule has 1 aromatic rings. The minimum Gasteiger partial charge on any atom is -0.377 e. The Morgan fingerprint density at radius 2 is 2.00 bits per heavy atom. The van der Waals surface area contributed by atoms with Crippen molar-refractivity contribution in [3.63, 3.8) is 0 Å². The van der Waals surface area contributed by atoms with Crippen LogP contribution in [-0.4, -0.2) is 19.3 Å². The summed E-state index contributed by atoms with van der Waals surface area (Å²) in [6.45, 7) is 2.73. The van der Waals surface area contributed by atoms with E-state index >= 15 is 0 Å². The van der Waals surface area contributed by atoms with Crippen LogP contribution in [0.25, 0.3) is 0 Å². The second kappa shape index (κ2) is 5.89. The Kier molecular flexibility index (Phi) is 4.18. The molecule has 1 aromatic carbocycles. The van der Waals surface area contributed by atoms with E-state index in [1.165, 1.54) is 24.8 Å². The first kappa shape index (κ1) is 10.7. The lowest BCUT2D eigenvalue weighted by atomic mass is 9.96. The molecule has 1 fully saturated rings. The van der Waals surface area contributed by atoms with Gasteiger partial charge in [-0.1, -0.05) is 30.3 Å².